The van der Waals surface area contributed by atoms with Crippen molar-refractivity contribution >= 4 is 23.0 Å². The minimum absolute atomic E-state index is 0.109. The predicted octanol–water partition coefficient (Wildman–Crippen LogP) is 2.01. The highest BCUT2D eigenvalue weighted by Crippen LogP contribution is 2.37. The minimum Gasteiger partial charge on any atom is -0.355 e. The van der Waals surface area contributed by atoms with Crippen molar-refractivity contribution in [2.45, 2.75) is 6.92 Å². The summed E-state index contributed by atoms with van der Waals surface area (Å²) in [5, 5.41) is 6.57. The first-order chi connectivity index (χ1) is 10.3. The first kappa shape index (κ1) is 11.9. The summed E-state index contributed by atoms with van der Waals surface area (Å²) in [6, 6.07) is 11.5. The normalized spacial score (nSPS) is 16.7. The number of para-hydroxylation sites is 2. The first-order valence-corrected chi connectivity index (χ1v) is 6.63. The smallest absolute Gasteiger partial charge is 0.294 e. The molecule has 1 aromatic carbocycles. The molecule has 6 heteroatoms. The highest BCUT2D eigenvalue weighted by molar-refractivity contribution is 6.12. The number of amides is 1. The number of nitrogens with one attached hydrogen (secondary N) is 2. The van der Waals surface area contributed by atoms with Crippen molar-refractivity contribution < 1.29 is 4.79 Å². The van der Waals surface area contributed by atoms with E-state index >= 15 is 0 Å². The summed E-state index contributed by atoms with van der Waals surface area (Å²) < 4.78 is 0. The molecule has 21 heavy (non-hydrogen) atoms. The van der Waals surface area contributed by atoms with Crippen LogP contribution in [0.1, 0.15) is 6.92 Å². The summed E-state index contributed by atoms with van der Waals surface area (Å²) in [7, 11) is 0. The number of allylic oxidation sites excluding steroid dienone is 1. The van der Waals surface area contributed by atoms with Crippen LogP contribution >= 0.6 is 0 Å². The van der Waals surface area contributed by atoms with E-state index in [2.05, 4.69) is 15.8 Å². The van der Waals surface area contributed by atoms with Crippen LogP contribution in [0.5, 0.6) is 0 Å². The number of aromatic nitrogens is 1. The van der Waals surface area contributed by atoms with Gasteiger partial charge in [-0.3, -0.25) is 9.78 Å². The summed E-state index contributed by atoms with van der Waals surface area (Å²) in [6.45, 7) is 1.89. The zero-order valence-corrected chi connectivity index (χ0v) is 11.4. The second-order valence-electron chi connectivity index (χ2n) is 4.90. The molecule has 0 saturated carbocycles. The molecule has 0 unspecified atom stereocenters. The van der Waals surface area contributed by atoms with Gasteiger partial charge in [-0.2, -0.15) is 0 Å². The molecular formula is C15H13N5O. The van der Waals surface area contributed by atoms with Gasteiger partial charge in [0.1, 0.15) is 5.70 Å². The third-order valence-corrected chi connectivity index (χ3v) is 3.56. The highest BCUT2D eigenvalue weighted by atomic mass is 16.2. The van der Waals surface area contributed by atoms with E-state index in [9.17, 15) is 4.79 Å². The number of benzene rings is 1. The fraction of sp³-hybridized carbons (Fsp3) is 0.0667. The van der Waals surface area contributed by atoms with Crippen molar-refractivity contribution in [2.75, 3.05) is 15.3 Å². The van der Waals surface area contributed by atoms with Crippen molar-refractivity contribution in [1.82, 2.24) is 10.5 Å². The Hall–Kier alpha value is -2.86. The number of hydrogen-bond acceptors (Lipinski definition) is 5. The fourth-order valence-electron chi connectivity index (χ4n) is 2.60. The zero-order chi connectivity index (χ0) is 14.4. The maximum atomic E-state index is 12.7. The van der Waals surface area contributed by atoms with Crippen molar-refractivity contribution in [3.63, 3.8) is 0 Å². The molecule has 0 spiro atoms. The molecule has 0 atom stereocenters. The van der Waals surface area contributed by atoms with Gasteiger partial charge in [-0.05, 0) is 31.2 Å². The zero-order valence-electron chi connectivity index (χ0n) is 11.4. The average Bonchev–Trinajstić information content (AvgIpc) is 2.87. The molecule has 3 heterocycles. The van der Waals surface area contributed by atoms with Crippen molar-refractivity contribution in [3.05, 3.63) is 60.2 Å². The molecule has 0 radical (unpaired) electrons. The lowest BCUT2D eigenvalue weighted by atomic mass is 10.1. The number of carbonyl (C=O) groups excluding carboxylic acids is 1. The van der Waals surface area contributed by atoms with Crippen LogP contribution in [0.2, 0.25) is 0 Å². The van der Waals surface area contributed by atoms with Crippen LogP contribution in [0.3, 0.4) is 0 Å². The van der Waals surface area contributed by atoms with E-state index < -0.39 is 0 Å². The summed E-state index contributed by atoms with van der Waals surface area (Å²) in [5.74, 6) is -0.109. The maximum Gasteiger partial charge on any atom is 0.294 e. The maximum absolute atomic E-state index is 12.7. The average molecular weight is 279 g/mol. The largest absolute Gasteiger partial charge is 0.355 e. The lowest BCUT2D eigenvalue weighted by Gasteiger charge is -2.28. The molecule has 4 rings (SSSR count). The number of pyridine rings is 1. The van der Waals surface area contributed by atoms with Crippen LogP contribution in [0.15, 0.2) is 60.2 Å². The fourth-order valence-corrected chi connectivity index (χ4v) is 2.60. The van der Waals surface area contributed by atoms with E-state index in [4.69, 9.17) is 0 Å². The Morgan fingerprint density at radius 2 is 1.95 bits per heavy atom. The number of anilines is 3. The van der Waals surface area contributed by atoms with E-state index in [0.29, 0.717) is 11.4 Å². The highest BCUT2D eigenvalue weighted by Gasteiger charge is 2.39. The van der Waals surface area contributed by atoms with Gasteiger partial charge in [0.2, 0.25) is 0 Å². The molecule has 2 aliphatic heterocycles. The van der Waals surface area contributed by atoms with Gasteiger partial charge >= 0.3 is 0 Å². The van der Waals surface area contributed by atoms with Gasteiger partial charge < -0.3 is 5.32 Å². The third-order valence-electron chi connectivity index (χ3n) is 3.56. The second-order valence-corrected chi connectivity index (χ2v) is 4.90. The molecule has 2 N–H and O–H groups in total. The number of rotatable bonds is 1. The number of fused-ring (bicyclic) bond motifs is 3. The third kappa shape index (κ3) is 1.70. The van der Waals surface area contributed by atoms with Crippen LogP contribution < -0.4 is 20.9 Å². The van der Waals surface area contributed by atoms with Gasteiger partial charge in [0, 0.05) is 11.9 Å². The van der Waals surface area contributed by atoms with E-state index in [-0.39, 0.29) is 5.91 Å². The summed E-state index contributed by atoms with van der Waals surface area (Å²) in [5.41, 5.74) is 7.12. The molecule has 0 aliphatic carbocycles. The number of nitrogens with zero attached hydrogens (tertiary/aromatic N) is 3. The second kappa shape index (κ2) is 4.32. The molecule has 0 bridgehead atoms. The number of hydrazine groups is 2. The summed E-state index contributed by atoms with van der Waals surface area (Å²) in [6.07, 6.45) is 3.33. The standard InChI is InChI=1S/C15H13N5O/c1-10-14-15(21)19(11-5-4-8-16-9-11)18-20(14)13-7-3-2-6-12(13)17-10/h2-9,17-18H,1H3. The van der Waals surface area contributed by atoms with Gasteiger partial charge in [0.25, 0.3) is 5.91 Å². The van der Waals surface area contributed by atoms with Gasteiger partial charge in [-0.25, -0.2) is 10.0 Å². The SMILES string of the molecule is CC1=C2C(=O)N(c3cccnc3)NN2c2ccccc2N1. The van der Waals surface area contributed by atoms with Crippen LogP contribution in [-0.4, -0.2) is 10.9 Å². The molecule has 2 aromatic rings. The van der Waals surface area contributed by atoms with E-state index in [0.717, 1.165) is 17.1 Å². The molecule has 1 aromatic heterocycles. The van der Waals surface area contributed by atoms with Gasteiger partial charge in [-0.1, -0.05) is 12.1 Å². The van der Waals surface area contributed by atoms with E-state index in [1.54, 1.807) is 23.5 Å². The van der Waals surface area contributed by atoms with Crippen LogP contribution in [0, 0.1) is 0 Å². The molecular weight excluding hydrogens is 266 g/mol. The quantitative estimate of drug-likeness (QED) is 0.836. The van der Waals surface area contributed by atoms with Crippen molar-refractivity contribution in [3.8, 4) is 0 Å². The summed E-state index contributed by atoms with van der Waals surface area (Å²) in [4.78, 5) is 16.7. The Morgan fingerprint density at radius 3 is 2.76 bits per heavy atom. The van der Waals surface area contributed by atoms with Gasteiger partial charge in [0.15, 0.2) is 0 Å². The Labute approximate surface area is 121 Å². The molecule has 2 aliphatic rings. The predicted molar refractivity (Wildman–Crippen MR) is 80.1 cm³/mol. The number of carbonyl (C=O) groups is 1. The lowest BCUT2D eigenvalue weighted by Crippen LogP contribution is -2.41. The first-order valence-electron chi connectivity index (χ1n) is 6.63. The molecule has 6 nitrogen and oxygen atoms in total. The monoisotopic (exact) mass is 279 g/mol. The Kier molecular flexibility index (Phi) is 2.45. The summed E-state index contributed by atoms with van der Waals surface area (Å²) >= 11 is 0. The Balaban J connectivity index is 1.81. The molecule has 1 saturated heterocycles. The van der Waals surface area contributed by atoms with E-state index in [1.165, 1.54) is 5.01 Å². The van der Waals surface area contributed by atoms with Gasteiger partial charge in [-0.15, -0.1) is 5.53 Å². The Morgan fingerprint density at radius 1 is 1.10 bits per heavy atom. The van der Waals surface area contributed by atoms with Crippen LogP contribution in [-0.2, 0) is 4.79 Å². The lowest BCUT2D eigenvalue weighted by molar-refractivity contribution is -0.114. The molecule has 104 valence electrons. The topological polar surface area (TPSA) is 60.5 Å². The van der Waals surface area contributed by atoms with Crippen molar-refractivity contribution in [1.29, 1.82) is 0 Å². The van der Waals surface area contributed by atoms with Crippen LogP contribution in [0.25, 0.3) is 0 Å². The van der Waals surface area contributed by atoms with Crippen LogP contribution in [0.4, 0.5) is 17.1 Å². The van der Waals surface area contributed by atoms with E-state index in [1.807, 2.05) is 37.3 Å². The van der Waals surface area contributed by atoms with Gasteiger partial charge in [0.05, 0.1) is 23.3 Å². The van der Waals surface area contributed by atoms with Crippen molar-refractivity contribution in [2.24, 2.45) is 0 Å². The molecule has 1 amide bonds. The Bertz CT molecular complexity index is 756. The minimum atomic E-state index is -0.109. The number of hydrogen-bond donors (Lipinski definition) is 2. The molecule has 1 fully saturated rings.